The molecular weight excluding hydrogens is 1610 g/mol. The summed E-state index contributed by atoms with van der Waals surface area (Å²) < 4.78 is 118. The standard InChI is InChI=1S/6C6H6S.4C6H6.2F6P.4Ru/c6*7-6-4-2-1-3-5-6;4*1-2-4-6-5-3-1;2*1-7(2,3,4,5)6;;;;/h6*1-5,7H;4*1-6H;;;;;;/q;;;;;;;;;;2*-1;4*+2/p-6. The Hall–Kier alpha value is -3.97. The molecule has 0 aromatic heterocycles. The Labute approximate surface area is 570 Å². The van der Waals surface area contributed by atoms with Gasteiger partial charge in [-0.25, -0.2) is 0 Å². The van der Waals surface area contributed by atoms with Crippen LogP contribution in [0.3, 0.4) is 0 Å². The summed E-state index contributed by atoms with van der Waals surface area (Å²) >= 11 is 28.9. The molecule has 0 N–H and O–H groups in total. The molecule has 0 atom stereocenters. The Bertz CT molecular complexity index is 2320. The molecule has 0 unspecified atom stereocenters. The van der Waals surface area contributed by atoms with Gasteiger partial charge in [0.25, 0.3) is 0 Å². The number of benzene rings is 10. The summed E-state index contributed by atoms with van der Waals surface area (Å²) in [6, 6.07) is 106. The predicted molar refractivity (Wildman–Crippen MR) is 325 cm³/mol. The number of hydrogen-bond acceptors (Lipinski definition) is 6. The van der Waals surface area contributed by atoms with Gasteiger partial charge < -0.3 is 75.8 Å². The third kappa shape index (κ3) is 100. The summed E-state index contributed by atoms with van der Waals surface area (Å²) in [6.45, 7) is 0. The van der Waals surface area contributed by atoms with Crippen LogP contribution in [0.1, 0.15) is 0 Å². The minimum absolute atomic E-state index is 0. The van der Waals surface area contributed by atoms with Crippen LogP contribution in [-0.2, 0) is 154 Å². The quantitative estimate of drug-likeness (QED) is 0.0638. The van der Waals surface area contributed by atoms with Gasteiger partial charge in [0.15, 0.2) is 0 Å². The maximum Gasteiger partial charge on any atom is 2.00 e. The molecule has 10 aromatic carbocycles. The molecule has 0 radical (unpaired) electrons. The summed E-state index contributed by atoms with van der Waals surface area (Å²) in [5.41, 5.74) is 0. The maximum atomic E-state index is 9.87. The zero-order chi connectivity index (χ0) is 60.5. The van der Waals surface area contributed by atoms with E-state index >= 15 is 0 Å². The van der Waals surface area contributed by atoms with E-state index in [0.717, 1.165) is 29.4 Å². The van der Waals surface area contributed by atoms with E-state index in [2.05, 4.69) is 0 Å². The summed E-state index contributed by atoms with van der Waals surface area (Å²) in [5, 5.41) is 0. The first-order valence-corrected chi connectivity index (χ1v) is 29.2. The molecule has 0 heterocycles. The van der Waals surface area contributed by atoms with Gasteiger partial charge in [-0.05, 0) is 0 Å². The van der Waals surface area contributed by atoms with Gasteiger partial charge in [-0.1, -0.05) is 328 Å². The van der Waals surface area contributed by atoms with Crippen LogP contribution in [0.5, 0.6) is 0 Å². The van der Waals surface area contributed by atoms with E-state index in [9.17, 15) is 50.4 Å². The zero-order valence-corrected chi connectivity index (χ0v) is 57.1. The molecule has 0 aliphatic carbocycles. The van der Waals surface area contributed by atoms with Crippen molar-refractivity contribution in [3.8, 4) is 0 Å². The van der Waals surface area contributed by atoms with Gasteiger partial charge in [0, 0.05) is 0 Å². The number of rotatable bonds is 0. The van der Waals surface area contributed by atoms with E-state index in [1.807, 2.05) is 328 Å². The molecule has 0 nitrogen and oxygen atoms in total. The Morgan fingerprint density at radius 1 is 0.143 bits per heavy atom. The fourth-order valence-electron chi connectivity index (χ4n) is 4.06. The van der Waals surface area contributed by atoms with E-state index in [1.54, 1.807) is 0 Å². The van der Waals surface area contributed by atoms with E-state index < -0.39 is 15.6 Å². The Kier molecular flexibility index (Phi) is 54.4. The van der Waals surface area contributed by atoms with Gasteiger partial charge in [-0.3, -0.25) is 0 Å². The molecular formula is C60H54F12P2Ru4S6. The molecule has 0 saturated carbocycles. The fourth-order valence-corrected chi connectivity index (χ4v) is 5.01. The summed E-state index contributed by atoms with van der Waals surface area (Å²) in [6.07, 6.45) is 0. The Morgan fingerprint density at radius 3 is 0.226 bits per heavy atom. The van der Waals surface area contributed by atoms with E-state index in [-0.39, 0.29) is 77.9 Å². The van der Waals surface area contributed by atoms with Crippen LogP contribution in [0.15, 0.2) is 357 Å². The van der Waals surface area contributed by atoms with Gasteiger partial charge in [0.1, 0.15) is 0 Å². The topological polar surface area (TPSA) is 0 Å². The SMILES string of the molecule is F[P-](F)(F)(F)(F)F.F[P-](F)(F)(F)(F)F.[Ru+2].[Ru+2].[Ru+2].[Ru+2].[S-]c1ccccc1.[S-]c1ccccc1.[S-]c1ccccc1.[S-]c1ccccc1.[S-]c1ccccc1.[S-]c1ccccc1.c1ccccc1.c1ccccc1.c1ccccc1.c1ccccc1. The van der Waals surface area contributed by atoms with E-state index in [1.165, 1.54) is 0 Å². The molecule has 10 aromatic rings. The predicted octanol–water partition coefficient (Wildman–Crippen LogP) is 23.1. The summed E-state index contributed by atoms with van der Waals surface area (Å²) in [5.74, 6) is 0. The average Bonchev–Trinajstić information content (AvgIpc) is 3.42. The maximum absolute atomic E-state index is 10.7. The van der Waals surface area contributed by atoms with Crippen LogP contribution in [0.4, 0.5) is 50.4 Å². The molecule has 0 fully saturated rings. The monoisotopic (exact) mass is 1660 g/mol. The van der Waals surface area contributed by atoms with Crippen molar-refractivity contribution in [2.75, 3.05) is 0 Å². The molecule has 0 saturated heterocycles. The first-order chi connectivity index (χ1) is 37.3. The van der Waals surface area contributed by atoms with Crippen molar-refractivity contribution in [1.29, 1.82) is 0 Å². The van der Waals surface area contributed by atoms with Crippen molar-refractivity contribution in [2.24, 2.45) is 0 Å². The third-order valence-electron chi connectivity index (χ3n) is 7.13. The largest absolute Gasteiger partial charge is 2.00 e. The average molecular weight is 1660 g/mol. The van der Waals surface area contributed by atoms with E-state index in [0.29, 0.717) is 0 Å². The van der Waals surface area contributed by atoms with Crippen molar-refractivity contribution < 1.29 is 128 Å². The molecule has 24 heteroatoms. The molecule has 456 valence electrons. The van der Waals surface area contributed by atoms with Crippen molar-refractivity contribution in [1.82, 2.24) is 0 Å². The number of halogens is 12. The van der Waals surface area contributed by atoms with Crippen LogP contribution in [0.2, 0.25) is 0 Å². The number of hydrogen-bond donors (Lipinski definition) is 0. The van der Waals surface area contributed by atoms with E-state index in [4.69, 9.17) is 75.8 Å². The van der Waals surface area contributed by atoms with Crippen molar-refractivity contribution in [2.45, 2.75) is 29.4 Å². The molecule has 0 aliphatic heterocycles. The second-order valence-corrected chi connectivity index (χ2v) is 21.1. The van der Waals surface area contributed by atoms with Crippen LogP contribution in [0.25, 0.3) is 0 Å². The molecule has 0 aliphatic rings. The molecule has 0 amide bonds. The van der Waals surface area contributed by atoms with Crippen molar-refractivity contribution in [3.63, 3.8) is 0 Å². The van der Waals surface area contributed by atoms with Crippen LogP contribution in [-0.4, -0.2) is 0 Å². The molecule has 0 spiro atoms. The van der Waals surface area contributed by atoms with Gasteiger partial charge in [0.05, 0.1) is 0 Å². The summed E-state index contributed by atoms with van der Waals surface area (Å²) in [7, 11) is -21.3. The van der Waals surface area contributed by atoms with Crippen molar-refractivity contribution >= 4 is 91.4 Å². The van der Waals surface area contributed by atoms with Gasteiger partial charge >= 0.3 is 144 Å². The second-order valence-electron chi connectivity index (χ2n) is 14.4. The van der Waals surface area contributed by atoms with Crippen molar-refractivity contribution in [3.05, 3.63) is 328 Å². The zero-order valence-electron chi connectivity index (χ0n) is 43.5. The Morgan fingerprint density at radius 2 is 0.190 bits per heavy atom. The minimum atomic E-state index is -10.7. The van der Waals surface area contributed by atoms with Gasteiger partial charge in [0.2, 0.25) is 0 Å². The smallest absolute Gasteiger partial charge is 0.780 e. The summed E-state index contributed by atoms with van der Waals surface area (Å²) in [4.78, 5) is 5.43. The fraction of sp³-hybridized carbons (Fsp3) is 0. The molecule has 10 rings (SSSR count). The first-order valence-electron chi connectivity index (χ1n) is 22.7. The molecule has 0 bridgehead atoms. The Balaban J connectivity index is -0.000000197. The molecule has 84 heavy (non-hydrogen) atoms. The normalized spacial score (nSPS) is 10.4. The van der Waals surface area contributed by atoms with Gasteiger partial charge in [-0.15, -0.1) is 0 Å². The van der Waals surface area contributed by atoms with Crippen LogP contribution < -0.4 is 0 Å². The van der Waals surface area contributed by atoms with Crippen LogP contribution >= 0.6 is 15.6 Å². The van der Waals surface area contributed by atoms with Crippen LogP contribution in [0, 0.1) is 0 Å². The second kappa shape index (κ2) is 50.1. The first kappa shape index (κ1) is 91.2. The third-order valence-corrected chi connectivity index (χ3v) is 8.76. The minimum Gasteiger partial charge on any atom is -0.780 e. The van der Waals surface area contributed by atoms with Gasteiger partial charge in [-0.2, -0.15) is 29.4 Å².